The lowest BCUT2D eigenvalue weighted by Crippen LogP contribution is -2.12. The Morgan fingerprint density at radius 1 is 0.933 bits per heavy atom. The van der Waals surface area contributed by atoms with Gasteiger partial charge in [-0.15, -0.1) is 0 Å². The summed E-state index contributed by atoms with van der Waals surface area (Å²) in [6.45, 7) is 1.10. The molecule has 3 aromatic carbocycles. The molecule has 4 aromatic rings. The minimum Gasteiger partial charge on any atom is -0.367 e. The topological polar surface area (TPSA) is 27.1 Å². The summed E-state index contributed by atoms with van der Waals surface area (Å²) in [4.78, 5) is 6.54. The van der Waals surface area contributed by atoms with Crippen molar-refractivity contribution in [1.29, 1.82) is 0 Å². The lowest BCUT2D eigenvalue weighted by Gasteiger charge is -2.20. The molecule has 0 aliphatic rings. The molecule has 0 N–H and O–H groups in total. The number of hydrogen-bond acceptors (Lipinski definition) is 3. The molecule has 1 heterocycles. The average Bonchev–Trinajstić information content (AvgIpc) is 3.26. The molecule has 0 unspecified atom stereocenters. The molecule has 0 bridgehead atoms. The average molecular weight is 455 g/mol. The fourth-order valence-electron chi connectivity index (χ4n) is 3.06. The van der Waals surface area contributed by atoms with Crippen molar-refractivity contribution in [2.75, 3.05) is 0 Å². The van der Waals surface area contributed by atoms with Gasteiger partial charge in [-0.1, -0.05) is 71.4 Å². The van der Waals surface area contributed by atoms with Gasteiger partial charge in [-0.2, -0.15) is 0 Å². The summed E-state index contributed by atoms with van der Waals surface area (Å²) in [6, 6.07) is 24.3. The van der Waals surface area contributed by atoms with Gasteiger partial charge in [-0.05, 0) is 42.0 Å². The van der Waals surface area contributed by atoms with Crippen molar-refractivity contribution >= 4 is 35.0 Å². The Kier molecular flexibility index (Phi) is 7.13. The Bertz CT molecular complexity index is 1070. The first-order valence-corrected chi connectivity index (χ1v) is 11.1. The van der Waals surface area contributed by atoms with E-state index in [2.05, 4.69) is 41.4 Å². The molecule has 0 spiro atoms. The maximum atomic E-state index is 6.45. The summed E-state index contributed by atoms with van der Waals surface area (Å²) in [5.41, 5.74) is 2.01. The highest BCUT2D eigenvalue weighted by molar-refractivity contribution is 7.99. The van der Waals surface area contributed by atoms with Crippen LogP contribution in [0.4, 0.5) is 0 Å². The van der Waals surface area contributed by atoms with Crippen LogP contribution in [-0.2, 0) is 17.9 Å². The monoisotopic (exact) mass is 454 g/mol. The van der Waals surface area contributed by atoms with Gasteiger partial charge in [0.2, 0.25) is 0 Å². The summed E-state index contributed by atoms with van der Waals surface area (Å²) >= 11 is 14.3. The van der Waals surface area contributed by atoms with Crippen LogP contribution < -0.4 is 0 Å². The SMILES string of the molecule is Clc1ccc([C@H](Cn2ccnc2)OCc2ccc(Sc3ccccc3)cc2)c(Cl)c1. The van der Waals surface area contributed by atoms with Gasteiger partial charge in [0.25, 0.3) is 0 Å². The molecular formula is C24H20Cl2N2OS. The highest BCUT2D eigenvalue weighted by Crippen LogP contribution is 2.31. The summed E-state index contributed by atoms with van der Waals surface area (Å²) in [5.74, 6) is 0. The van der Waals surface area contributed by atoms with E-state index < -0.39 is 0 Å². The Morgan fingerprint density at radius 3 is 2.40 bits per heavy atom. The molecule has 152 valence electrons. The minimum absolute atomic E-state index is 0.220. The Balaban J connectivity index is 1.45. The number of hydrogen-bond donors (Lipinski definition) is 0. The maximum Gasteiger partial charge on any atom is 0.102 e. The first kappa shape index (κ1) is 21.0. The summed E-state index contributed by atoms with van der Waals surface area (Å²) in [6.07, 6.45) is 5.22. The van der Waals surface area contributed by atoms with E-state index in [1.807, 2.05) is 41.1 Å². The third-order valence-corrected chi connectivity index (χ3v) is 6.18. The molecule has 0 saturated heterocycles. The van der Waals surface area contributed by atoms with Crippen molar-refractivity contribution in [3.8, 4) is 0 Å². The highest BCUT2D eigenvalue weighted by atomic mass is 35.5. The molecule has 6 heteroatoms. The smallest absolute Gasteiger partial charge is 0.102 e. The van der Waals surface area contributed by atoms with E-state index in [0.29, 0.717) is 23.2 Å². The molecule has 0 radical (unpaired) electrons. The first-order chi connectivity index (χ1) is 14.7. The zero-order valence-corrected chi connectivity index (χ0v) is 18.4. The van der Waals surface area contributed by atoms with Gasteiger partial charge < -0.3 is 9.30 Å². The normalized spacial score (nSPS) is 12.1. The van der Waals surface area contributed by atoms with Gasteiger partial charge in [0.15, 0.2) is 0 Å². The Labute approximate surface area is 190 Å². The predicted octanol–water partition coefficient (Wildman–Crippen LogP) is 7.30. The molecule has 30 heavy (non-hydrogen) atoms. The molecular weight excluding hydrogens is 435 g/mol. The van der Waals surface area contributed by atoms with E-state index in [1.165, 1.54) is 9.79 Å². The molecule has 0 aliphatic carbocycles. The van der Waals surface area contributed by atoms with E-state index >= 15 is 0 Å². The van der Waals surface area contributed by atoms with Gasteiger partial charge in [-0.3, -0.25) is 0 Å². The van der Waals surface area contributed by atoms with E-state index in [1.54, 1.807) is 30.4 Å². The van der Waals surface area contributed by atoms with Crippen molar-refractivity contribution in [1.82, 2.24) is 9.55 Å². The standard InChI is InChI=1S/C24H20Cl2N2OS/c25-19-8-11-22(23(26)14-19)24(15-28-13-12-27-17-28)29-16-18-6-9-21(10-7-18)30-20-4-2-1-3-5-20/h1-14,17,24H,15-16H2/t24-/m0/s1. The van der Waals surface area contributed by atoms with Gasteiger partial charge in [-0.25, -0.2) is 4.98 Å². The Hall–Kier alpha value is -2.24. The second kappa shape index (κ2) is 10.2. The van der Waals surface area contributed by atoms with Crippen LogP contribution in [-0.4, -0.2) is 9.55 Å². The van der Waals surface area contributed by atoms with Crippen LogP contribution in [0.15, 0.2) is 101 Å². The number of halogens is 2. The third kappa shape index (κ3) is 5.67. The number of aromatic nitrogens is 2. The molecule has 0 saturated carbocycles. The molecule has 0 fully saturated rings. The first-order valence-electron chi connectivity index (χ1n) is 9.51. The molecule has 4 rings (SSSR count). The van der Waals surface area contributed by atoms with Crippen LogP contribution in [0.25, 0.3) is 0 Å². The van der Waals surface area contributed by atoms with E-state index in [9.17, 15) is 0 Å². The third-order valence-electron chi connectivity index (χ3n) is 4.60. The summed E-state index contributed by atoms with van der Waals surface area (Å²) in [7, 11) is 0. The Morgan fingerprint density at radius 2 is 1.70 bits per heavy atom. The molecule has 0 amide bonds. The quantitative estimate of drug-likeness (QED) is 0.279. The van der Waals surface area contributed by atoms with Crippen LogP contribution >= 0.6 is 35.0 Å². The number of ether oxygens (including phenoxy) is 1. The number of nitrogens with zero attached hydrogens (tertiary/aromatic N) is 2. The summed E-state index contributed by atoms with van der Waals surface area (Å²) < 4.78 is 8.26. The fourth-order valence-corrected chi connectivity index (χ4v) is 4.43. The zero-order chi connectivity index (χ0) is 20.8. The summed E-state index contributed by atoms with van der Waals surface area (Å²) in [5, 5.41) is 1.21. The van der Waals surface area contributed by atoms with Gasteiger partial charge in [0.1, 0.15) is 6.10 Å². The highest BCUT2D eigenvalue weighted by Gasteiger charge is 2.17. The number of benzene rings is 3. The zero-order valence-electron chi connectivity index (χ0n) is 16.1. The van der Waals surface area contributed by atoms with E-state index in [0.717, 1.165) is 11.1 Å². The van der Waals surface area contributed by atoms with E-state index in [4.69, 9.17) is 27.9 Å². The van der Waals surface area contributed by atoms with Crippen molar-refractivity contribution in [3.05, 3.63) is 113 Å². The molecule has 1 aromatic heterocycles. The second-order valence-corrected chi connectivity index (χ2v) is 8.77. The van der Waals surface area contributed by atoms with Gasteiger partial charge in [0, 0.05) is 37.8 Å². The predicted molar refractivity (Wildman–Crippen MR) is 123 cm³/mol. The van der Waals surface area contributed by atoms with Crippen LogP contribution in [0.2, 0.25) is 10.0 Å². The van der Waals surface area contributed by atoms with Crippen molar-refractivity contribution in [2.24, 2.45) is 0 Å². The lowest BCUT2D eigenvalue weighted by molar-refractivity contribution is 0.0280. The van der Waals surface area contributed by atoms with E-state index in [-0.39, 0.29) is 6.10 Å². The minimum atomic E-state index is -0.220. The lowest BCUT2D eigenvalue weighted by atomic mass is 10.1. The van der Waals surface area contributed by atoms with Crippen molar-refractivity contribution < 1.29 is 4.74 Å². The van der Waals surface area contributed by atoms with Gasteiger partial charge in [0.05, 0.1) is 19.5 Å². The van der Waals surface area contributed by atoms with Gasteiger partial charge >= 0.3 is 0 Å². The molecule has 1 atom stereocenters. The number of imidazole rings is 1. The van der Waals surface area contributed by atoms with Crippen LogP contribution in [0.1, 0.15) is 17.2 Å². The molecule has 0 aliphatic heterocycles. The fraction of sp³-hybridized carbons (Fsp3) is 0.125. The van der Waals surface area contributed by atoms with Crippen LogP contribution in [0, 0.1) is 0 Å². The van der Waals surface area contributed by atoms with Crippen LogP contribution in [0.5, 0.6) is 0 Å². The molecule has 3 nitrogen and oxygen atoms in total. The second-order valence-electron chi connectivity index (χ2n) is 6.78. The maximum absolute atomic E-state index is 6.45. The number of rotatable bonds is 8. The van der Waals surface area contributed by atoms with Crippen LogP contribution in [0.3, 0.4) is 0 Å². The largest absolute Gasteiger partial charge is 0.367 e. The van der Waals surface area contributed by atoms with Crippen molar-refractivity contribution in [2.45, 2.75) is 29.0 Å². The van der Waals surface area contributed by atoms with Crippen molar-refractivity contribution in [3.63, 3.8) is 0 Å².